The highest BCUT2D eigenvalue weighted by Gasteiger charge is 2.15. The Balaban J connectivity index is 1.53. The molecule has 0 aliphatic carbocycles. The lowest BCUT2D eigenvalue weighted by molar-refractivity contribution is -0.124. The van der Waals surface area contributed by atoms with E-state index in [0.717, 1.165) is 24.5 Å². The van der Waals surface area contributed by atoms with Crippen molar-refractivity contribution >= 4 is 11.7 Å². The van der Waals surface area contributed by atoms with Crippen molar-refractivity contribution in [2.75, 3.05) is 18.0 Å². The summed E-state index contributed by atoms with van der Waals surface area (Å²) in [6, 6.07) is 3.71. The van der Waals surface area contributed by atoms with Crippen LogP contribution in [-0.2, 0) is 11.3 Å². The Morgan fingerprint density at radius 3 is 2.67 bits per heavy atom. The first-order valence-electron chi connectivity index (χ1n) is 8.56. The summed E-state index contributed by atoms with van der Waals surface area (Å²) in [5.74, 6) is 0.944. The van der Waals surface area contributed by atoms with Crippen LogP contribution < -0.4 is 10.2 Å². The van der Waals surface area contributed by atoms with Gasteiger partial charge in [-0.05, 0) is 31.4 Å². The van der Waals surface area contributed by atoms with Gasteiger partial charge >= 0.3 is 0 Å². The molecule has 7 nitrogen and oxygen atoms in total. The van der Waals surface area contributed by atoms with E-state index in [2.05, 4.69) is 25.3 Å². The van der Waals surface area contributed by atoms with E-state index in [4.69, 9.17) is 0 Å². The van der Waals surface area contributed by atoms with Gasteiger partial charge in [-0.15, -0.1) is 0 Å². The van der Waals surface area contributed by atoms with E-state index in [-0.39, 0.29) is 11.9 Å². The minimum absolute atomic E-state index is 0.0860. The molecule has 2 aromatic heterocycles. The fraction of sp³-hybridized carbons (Fsp3) is 0.529. The molecule has 0 bridgehead atoms. The number of nitrogens with zero attached hydrogens (tertiary/aromatic N) is 5. The van der Waals surface area contributed by atoms with Crippen LogP contribution in [0.5, 0.6) is 0 Å². The van der Waals surface area contributed by atoms with Gasteiger partial charge in [-0.3, -0.25) is 4.79 Å². The molecule has 1 aliphatic heterocycles. The van der Waals surface area contributed by atoms with Crippen molar-refractivity contribution in [2.45, 2.75) is 45.2 Å². The minimum Gasteiger partial charge on any atom is -0.357 e. The molecule has 3 heterocycles. The number of aromatic nitrogens is 4. The highest BCUT2D eigenvalue weighted by molar-refractivity contribution is 5.79. The maximum Gasteiger partial charge on any atom is 0.244 e. The third-order valence-electron chi connectivity index (χ3n) is 4.42. The van der Waals surface area contributed by atoms with Crippen molar-refractivity contribution in [1.29, 1.82) is 0 Å². The van der Waals surface area contributed by atoms with Gasteiger partial charge in [-0.25, -0.2) is 14.6 Å². The summed E-state index contributed by atoms with van der Waals surface area (Å²) in [4.78, 5) is 22.9. The average Bonchev–Trinajstić information content (AvgIpc) is 3.02. The number of hydrogen-bond donors (Lipinski definition) is 1. The van der Waals surface area contributed by atoms with Crippen LogP contribution in [0.25, 0.3) is 0 Å². The van der Waals surface area contributed by atoms with Crippen LogP contribution in [0.2, 0.25) is 0 Å². The third-order valence-corrected chi connectivity index (χ3v) is 4.42. The van der Waals surface area contributed by atoms with Crippen LogP contribution in [0.3, 0.4) is 0 Å². The molecular formula is C17H24N6O. The molecule has 7 heteroatoms. The fourth-order valence-electron chi connectivity index (χ4n) is 2.88. The van der Waals surface area contributed by atoms with Gasteiger partial charge < -0.3 is 10.2 Å². The molecule has 0 saturated carbocycles. The van der Waals surface area contributed by atoms with Crippen LogP contribution >= 0.6 is 0 Å². The second-order valence-electron chi connectivity index (χ2n) is 6.20. The van der Waals surface area contributed by atoms with E-state index in [0.29, 0.717) is 6.54 Å². The monoisotopic (exact) mass is 328 g/mol. The van der Waals surface area contributed by atoms with E-state index in [1.54, 1.807) is 13.3 Å². The summed E-state index contributed by atoms with van der Waals surface area (Å²) in [6.45, 7) is 4.42. The summed E-state index contributed by atoms with van der Waals surface area (Å²) in [5.41, 5.74) is 0.993. The zero-order valence-corrected chi connectivity index (χ0v) is 14.1. The second-order valence-corrected chi connectivity index (χ2v) is 6.20. The van der Waals surface area contributed by atoms with Crippen molar-refractivity contribution < 1.29 is 4.79 Å². The SMILES string of the molecule is C[C@@H](C(=O)NCc1ccc(N2CCCCCC2)nc1)n1cncn1. The topological polar surface area (TPSA) is 75.9 Å². The number of anilines is 1. The van der Waals surface area contributed by atoms with Crippen molar-refractivity contribution in [2.24, 2.45) is 0 Å². The molecule has 128 valence electrons. The van der Waals surface area contributed by atoms with Gasteiger partial charge in [0.05, 0.1) is 0 Å². The molecule has 2 aromatic rings. The Labute approximate surface area is 142 Å². The number of nitrogens with one attached hydrogen (secondary N) is 1. The first-order chi connectivity index (χ1) is 11.7. The molecule has 0 radical (unpaired) electrons. The molecule has 1 N–H and O–H groups in total. The number of rotatable bonds is 5. The molecular weight excluding hydrogens is 304 g/mol. The Kier molecular flexibility index (Phi) is 5.40. The first kappa shape index (κ1) is 16.4. The van der Waals surface area contributed by atoms with Crippen LogP contribution in [0.1, 0.15) is 44.2 Å². The van der Waals surface area contributed by atoms with Crippen LogP contribution in [0, 0.1) is 0 Å². The Morgan fingerprint density at radius 2 is 2.04 bits per heavy atom. The third kappa shape index (κ3) is 4.10. The summed E-state index contributed by atoms with van der Waals surface area (Å²) < 4.78 is 1.54. The molecule has 3 rings (SSSR count). The molecule has 1 fully saturated rings. The van der Waals surface area contributed by atoms with Gasteiger partial charge in [0.15, 0.2) is 0 Å². The number of hydrogen-bond acceptors (Lipinski definition) is 5. The molecule has 1 amide bonds. The van der Waals surface area contributed by atoms with Crippen molar-refractivity contribution in [3.8, 4) is 0 Å². The Bertz CT molecular complexity index is 632. The Hall–Kier alpha value is -2.44. The highest BCUT2D eigenvalue weighted by atomic mass is 16.2. The van der Waals surface area contributed by atoms with Crippen molar-refractivity contribution in [3.05, 3.63) is 36.5 Å². The maximum atomic E-state index is 12.1. The van der Waals surface area contributed by atoms with E-state index in [9.17, 15) is 4.79 Å². The fourth-order valence-corrected chi connectivity index (χ4v) is 2.88. The van der Waals surface area contributed by atoms with Gasteiger partial charge in [-0.2, -0.15) is 5.10 Å². The van der Waals surface area contributed by atoms with Crippen LogP contribution in [0.4, 0.5) is 5.82 Å². The maximum absolute atomic E-state index is 12.1. The second kappa shape index (κ2) is 7.90. The Morgan fingerprint density at radius 1 is 1.25 bits per heavy atom. The van der Waals surface area contributed by atoms with Gasteiger partial charge in [0.25, 0.3) is 0 Å². The first-order valence-corrected chi connectivity index (χ1v) is 8.56. The van der Waals surface area contributed by atoms with Crippen LogP contribution in [-0.4, -0.2) is 38.7 Å². The lowest BCUT2D eigenvalue weighted by Gasteiger charge is -2.21. The predicted molar refractivity (Wildman–Crippen MR) is 91.5 cm³/mol. The van der Waals surface area contributed by atoms with E-state index >= 15 is 0 Å². The number of amides is 1. The van der Waals surface area contributed by atoms with Gasteiger partial charge in [-0.1, -0.05) is 18.9 Å². The summed E-state index contributed by atoms with van der Waals surface area (Å²) in [5, 5.41) is 6.90. The molecule has 1 aliphatic rings. The van der Waals surface area contributed by atoms with E-state index < -0.39 is 0 Å². The van der Waals surface area contributed by atoms with Gasteiger partial charge in [0.2, 0.25) is 5.91 Å². The van der Waals surface area contributed by atoms with E-state index in [1.165, 1.54) is 36.7 Å². The zero-order chi connectivity index (χ0) is 16.8. The summed E-state index contributed by atoms with van der Waals surface area (Å²) in [7, 11) is 0. The molecule has 0 unspecified atom stereocenters. The lowest BCUT2D eigenvalue weighted by Crippen LogP contribution is -2.31. The largest absolute Gasteiger partial charge is 0.357 e. The predicted octanol–water partition coefficient (Wildman–Crippen LogP) is 1.93. The van der Waals surface area contributed by atoms with E-state index in [1.807, 2.05) is 18.3 Å². The van der Waals surface area contributed by atoms with Crippen molar-refractivity contribution in [1.82, 2.24) is 25.1 Å². The normalized spacial score (nSPS) is 16.5. The highest BCUT2D eigenvalue weighted by Crippen LogP contribution is 2.17. The molecule has 1 atom stereocenters. The zero-order valence-electron chi connectivity index (χ0n) is 14.1. The lowest BCUT2D eigenvalue weighted by atomic mass is 10.2. The summed E-state index contributed by atoms with van der Waals surface area (Å²) in [6.07, 6.45) is 9.91. The molecule has 24 heavy (non-hydrogen) atoms. The molecule has 0 aromatic carbocycles. The van der Waals surface area contributed by atoms with Crippen LogP contribution in [0.15, 0.2) is 31.0 Å². The standard InChI is InChI=1S/C17H24N6O/c1-14(23-13-18-12-21-23)17(24)20-11-15-6-7-16(19-10-15)22-8-4-2-3-5-9-22/h6-7,10,12-14H,2-5,8-9,11H2,1H3,(H,20,24)/t14-/m0/s1. The van der Waals surface area contributed by atoms with Gasteiger partial charge in [0.1, 0.15) is 24.5 Å². The minimum atomic E-state index is -0.378. The van der Waals surface area contributed by atoms with Crippen molar-refractivity contribution in [3.63, 3.8) is 0 Å². The molecule has 1 saturated heterocycles. The number of carbonyl (C=O) groups excluding carboxylic acids is 1. The number of pyridine rings is 1. The molecule has 0 spiro atoms. The average molecular weight is 328 g/mol. The van der Waals surface area contributed by atoms with Gasteiger partial charge in [0, 0.05) is 25.8 Å². The number of carbonyl (C=O) groups is 1. The quantitative estimate of drug-likeness (QED) is 0.907. The summed E-state index contributed by atoms with van der Waals surface area (Å²) >= 11 is 0. The smallest absolute Gasteiger partial charge is 0.244 e.